The maximum Gasteiger partial charge on any atom is 0.230 e. The van der Waals surface area contributed by atoms with Crippen LogP contribution in [0.2, 0.25) is 0 Å². The van der Waals surface area contributed by atoms with Crippen molar-refractivity contribution < 1.29 is 4.52 Å². The standard InChI is InChI=1S/C11H9BrN2O/c12-9-5-3-7(4-6-9)10-13-11(15-14-10)8-1-2-8/h3-6,8H,1-2H2. The molecule has 1 saturated carbocycles. The quantitative estimate of drug-likeness (QED) is 0.835. The highest BCUT2D eigenvalue weighted by atomic mass is 79.9. The predicted octanol–water partition coefficient (Wildman–Crippen LogP) is 3.38. The highest BCUT2D eigenvalue weighted by molar-refractivity contribution is 9.10. The molecule has 4 heteroatoms. The molecule has 0 atom stereocenters. The van der Waals surface area contributed by atoms with Crippen molar-refractivity contribution in [3.05, 3.63) is 34.6 Å². The minimum Gasteiger partial charge on any atom is -0.339 e. The van der Waals surface area contributed by atoms with Gasteiger partial charge in [-0.25, -0.2) is 0 Å². The van der Waals surface area contributed by atoms with Gasteiger partial charge in [0.1, 0.15) is 0 Å². The van der Waals surface area contributed by atoms with Crippen LogP contribution < -0.4 is 0 Å². The Kier molecular flexibility index (Phi) is 2.09. The van der Waals surface area contributed by atoms with Gasteiger partial charge in [-0.3, -0.25) is 0 Å². The minimum absolute atomic E-state index is 0.515. The molecule has 1 aliphatic rings. The first-order chi connectivity index (χ1) is 7.33. The molecule has 76 valence electrons. The van der Waals surface area contributed by atoms with Crippen LogP contribution in [0, 0.1) is 0 Å². The van der Waals surface area contributed by atoms with E-state index in [0.29, 0.717) is 11.7 Å². The van der Waals surface area contributed by atoms with Gasteiger partial charge in [-0.05, 0) is 37.1 Å². The van der Waals surface area contributed by atoms with Crippen molar-refractivity contribution in [2.75, 3.05) is 0 Å². The van der Waals surface area contributed by atoms with Crippen LogP contribution in [0.15, 0.2) is 33.3 Å². The minimum atomic E-state index is 0.515. The lowest BCUT2D eigenvalue weighted by molar-refractivity contribution is 0.380. The zero-order valence-corrected chi connectivity index (χ0v) is 9.57. The maximum absolute atomic E-state index is 5.20. The predicted molar refractivity (Wildman–Crippen MR) is 59.4 cm³/mol. The van der Waals surface area contributed by atoms with Crippen molar-refractivity contribution in [2.24, 2.45) is 0 Å². The Labute approximate surface area is 95.6 Å². The zero-order chi connectivity index (χ0) is 10.3. The molecule has 0 bridgehead atoms. The van der Waals surface area contributed by atoms with E-state index < -0.39 is 0 Å². The average Bonchev–Trinajstić information content (AvgIpc) is 2.99. The van der Waals surface area contributed by atoms with Gasteiger partial charge in [0.2, 0.25) is 11.7 Å². The smallest absolute Gasteiger partial charge is 0.230 e. The highest BCUT2D eigenvalue weighted by Gasteiger charge is 2.29. The average molecular weight is 265 g/mol. The molecule has 0 aliphatic heterocycles. The fourth-order valence-electron chi connectivity index (χ4n) is 1.45. The Morgan fingerprint density at radius 1 is 1.20 bits per heavy atom. The molecule has 2 aromatic rings. The van der Waals surface area contributed by atoms with Crippen molar-refractivity contribution in [2.45, 2.75) is 18.8 Å². The molecule has 1 aliphatic carbocycles. The summed E-state index contributed by atoms with van der Waals surface area (Å²) >= 11 is 3.39. The molecular formula is C11H9BrN2O. The lowest BCUT2D eigenvalue weighted by atomic mass is 10.2. The summed E-state index contributed by atoms with van der Waals surface area (Å²) in [5, 5.41) is 3.98. The van der Waals surface area contributed by atoms with E-state index >= 15 is 0 Å². The first-order valence-corrected chi connectivity index (χ1v) is 5.72. The normalized spacial score (nSPS) is 15.5. The van der Waals surface area contributed by atoms with Crippen LogP contribution >= 0.6 is 15.9 Å². The van der Waals surface area contributed by atoms with Crippen LogP contribution in [0.5, 0.6) is 0 Å². The zero-order valence-electron chi connectivity index (χ0n) is 7.98. The number of nitrogens with zero attached hydrogens (tertiary/aromatic N) is 2. The third-order valence-corrected chi connectivity index (χ3v) is 3.00. The molecule has 0 N–H and O–H groups in total. The summed E-state index contributed by atoms with van der Waals surface area (Å²) in [5.74, 6) is 1.99. The van der Waals surface area contributed by atoms with Gasteiger partial charge in [0.25, 0.3) is 0 Å². The van der Waals surface area contributed by atoms with Crippen molar-refractivity contribution in [1.82, 2.24) is 10.1 Å². The van der Waals surface area contributed by atoms with Crippen LogP contribution in [0.4, 0.5) is 0 Å². The maximum atomic E-state index is 5.20. The molecule has 1 aromatic carbocycles. The van der Waals surface area contributed by atoms with E-state index in [1.54, 1.807) is 0 Å². The molecule has 0 radical (unpaired) electrons. The summed E-state index contributed by atoms with van der Waals surface area (Å²) in [6, 6.07) is 7.90. The SMILES string of the molecule is Brc1ccc(-c2noc(C3CC3)n2)cc1. The van der Waals surface area contributed by atoms with E-state index in [4.69, 9.17) is 4.52 Å². The molecule has 3 rings (SSSR count). The van der Waals surface area contributed by atoms with Crippen LogP contribution in [0.25, 0.3) is 11.4 Å². The second-order valence-electron chi connectivity index (χ2n) is 3.74. The molecule has 0 saturated heterocycles. The third-order valence-electron chi connectivity index (χ3n) is 2.47. The lowest BCUT2D eigenvalue weighted by Crippen LogP contribution is -1.81. The molecular weight excluding hydrogens is 256 g/mol. The van der Waals surface area contributed by atoms with E-state index in [9.17, 15) is 0 Å². The highest BCUT2D eigenvalue weighted by Crippen LogP contribution is 2.39. The topological polar surface area (TPSA) is 38.9 Å². The Bertz CT molecular complexity index is 474. The van der Waals surface area contributed by atoms with Crippen molar-refractivity contribution in [3.8, 4) is 11.4 Å². The summed E-state index contributed by atoms with van der Waals surface area (Å²) in [5.41, 5.74) is 0.994. The first kappa shape index (κ1) is 9.09. The number of hydrogen-bond acceptors (Lipinski definition) is 3. The Morgan fingerprint density at radius 3 is 2.60 bits per heavy atom. The van der Waals surface area contributed by atoms with Crippen molar-refractivity contribution >= 4 is 15.9 Å². The molecule has 1 aromatic heterocycles. The molecule has 0 spiro atoms. The molecule has 3 nitrogen and oxygen atoms in total. The van der Waals surface area contributed by atoms with Gasteiger partial charge in [0.15, 0.2) is 0 Å². The van der Waals surface area contributed by atoms with Crippen LogP contribution in [-0.4, -0.2) is 10.1 Å². The van der Waals surface area contributed by atoms with E-state index in [0.717, 1.165) is 15.9 Å². The van der Waals surface area contributed by atoms with E-state index in [1.807, 2.05) is 24.3 Å². The van der Waals surface area contributed by atoms with Gasteiger partial charge < -0.3 is 4.52 Å². The van der Waals surface area contributed by atoms with Crippen molar-refractivity contribution in [1.29, 1.82) is 0 Å². The van der Waals surface area contributed by atoms with Gasteiger partial charge in [-0.15, -0.1) is 0 Å². The lowest BCUT2D eigenvalue weighted by Gasteiger charge is -1.93. The van der Waals surface area contributed by atoms with Gasteiger partial charge in [-0.2, -0.15) is 4.98 Å². The molecule has 1 heterocycles. The molecule has 1 fully saturated rings. The Balaban J connectivity index is 1.93. The van der Waals surface area contributed by atoms with Crippen LogP contribution in [0.1, 0.15) is 24.7 Å². The van der Waals surface area contributed by atoms with E-state index in [1.165, 1.54) is 12.8 Å². The van der Waals surface area contributed by atoms with Gasteiger partial charge in [0.05, 0.1) is 0 Å². The third kappa shape index (κ3) is 1.81. The number of hydrogen-bond donors (Lipinski definition) is 0. The van der Waals surface area contributed by atoms with Crippen LogP contribution in [-0.2, 0) is 0 Å². The molecule has 0 unspecified atom stereocenters. The number of aromatic nitrogens is 2. The second kappa shape index (κ2) is 3.45. The fraction of sp³-hybridized carbons (Fsp3) is 0.273. The Morgan fingerprint density at radius 2 is 1.93 bits per heavy atom. The fourth-order valence-corrected chi connectivity index (χ4v) is 1.71. The molecule has 15 heavy (non-hydrogen) atoms. The monoisotopic (exact) mass is 264 g/mol. The van der Waals surface area contributed by atoms with Gasteiger partial charge in [-0.1, -0.05) is 21.1 Å². The summed E-state index contributed by atoms with van der Waals surface area (Å²) in [4.78, 5) is 4.38. The van der Waals surface area contributed by atoms with E-state index in [-0.39, 0.29) is 0 Å². The second-order valence-corrected chi connectivity index (χ2v) is 4.65. The summed E-state index contributed by atoms with van der Waals surface area (Å²) < 4.78 is 6.25. The van der Waals surface area contributed by atoms with E-state index in [2.05, 4.69) is 26.1 Å². The first-order valence-electron chi connectivity index (χ1n) is 4.92. The summed E-state index contributed by atoms with van der Waals surface area (Å²) in [7, 11) is 0. The van der Waals surface area contributed by atoms with Gasteiger partial charge in [0, 0.05) is 16.0 Å². The van der Waals surface area contributed by atoms with Crippen molar-refractivity contribution in [3.63, 3.8) is 0 Å². The molecule has 0 amide bonds. The number of rotatable bonds is 2. The summed E-state index contributed by atoms with van der Waals surface area (Å²) in [6.45, 7) is 0. The summed E-state index contributed by atoms with van der Waals surface area (Å²) in [6.07, 6.45) is 2.37. The number of benzene rings is 1. The number of halogens is 1. The van der Waals surface area contributed by atoms with Crippen LogP contribution in [0.3, 0.4) is 0 Å². The van der Waals surface area contributed by atoms with Gasteiger partial charge >= 0.3 is 0 Å². The Hall–Kier alpha value is -1.16. The largest absolute Gasteiger partial charge is 0.339 e.